The highest BCUT2D eigenvalue weighted by atomic mass is 19.4. The van der Waals surface area contributed by atoms with Crippen LogP contribution in [0.1, 0.15) is 31.2 Å². The Balaban J connectivity index is 2.02. The largest absolute Gasteiger partial charge is 0.491 e. The summed E-state index contributed by atoms with van der Waals surface area (Å²) in [5.41, 5.74) is -0.707. The van der Waals surface area contributed by atoms with Gasteiger partial charge in [0.05, 0.1) is 5.56 Å². The van der Waals surface area contributed by atoms with Gasteiger partial charge in [0.15, 0.2) is 0 Å². The first-order chi connectivity index (χ1) is 9.52. The van der Waals surface area contributed by atoms with Crippen LogP contribution in [0.3, 0.4) is 0 Å². The highest BCUT2D eigenvalue weighted by Crippen LogP contribution is 2.36. The zero-order valence-corrected chi connectivity index (χ0v) is 11.5. The lowest BCUT2D eigenvalue weighted by Crippen LogP contribution is -2.37. The molecule has 1 saturated carbocycles. The summed E-state index contributed by atoms with van der Waals surface area (Å²) in [7, 11) is 1.84. The van der Waals surface area contributed by atoms with Gasteiger partial charge in [-0.3, -0.25) is 0 Å². The molecule has 112 valence electrons. The number of halogens is 3. The van der Waals surface area contributed by atoms with Crippen LogP contribution in [0.25, 0.3) is 0 Å². The van der Waals surface area contributed by atoms with E-state index in [9.17, 15) is 13.2 Å². The van der Waals surface area contributed by atoms with Crippen molar-refractivity contribution in [2.75, 3.05) is 13.7 Å². The molecule has 1 atom stereocenters. The third-order valence-electron chi connectivity index (χ3n) is 3.95. The van der Waals surface area contributed by atoms with E-state index >= 15 is 0 Å². The van der Waals surface area contributed by atoms with E-state index in [0.717, 1.165) is 18.9 Å². The van der Waals surface area contributed by atoms with Crippen LogP contribution < -0.4 is 10.1 Å². The van der Waals surface area contributed by atoms with Gasteiger partial charge in [-0.2, -0.15) is 13.2 Å². The molecule has 5 heteroatoms. The lowest BCUT2D eigenvalue weighted by molar-refractivity contribution is -0.139. The fourth-order valence-electron chi connectivity index (χ4n) is 2.82. The number of benzene rings is 1. The Labute approximate surface area is 117 Å². The lowest BCUT2D eigenvalue weighted by atomic mass is 9.99. The number of likely N-dealkylation sites (N-methyl/N-ethyl adjacent to an activating group) is 1. The molecule has 1 aliphatic rings. The van der Waals surface area contributed by atoms with Crippen molar-refractivity contribution >= 4 is 0 Å². The first-order valence-electron chi connectivity index (χ1n) is 6.98. The van der Waals surface area contributed by atoms with Crippen molar-refractivity contribution < 1.29 is 17.9 Å². The minimum absolute atomic E-state index is 0.0850. The number of alkyl halides is 3. The van der Waals surface area contributed by atoms with Gasteiger partial charge in [-0.05, 0) is 37.9 Å². The van der Waals surface area contributed by atoms with E-state index in [-0.39, 0.29) is 18.4 Å². The molecule has 1 aromatic rings. The highest BCUT2D eigenvalue weighted by Gasteiger charge is 2.34. The second kappa shape index (κ2) is 6.48. The topological polar surface area (TPSA) is 21.3 Å². The molecule has 1 fully saturated rings. The highest BCUT2D eigenvalue weighted by molar-refractivity contribution is 5.35. The average molecular weight is 287 g/mol. The second-order valence-electron chi connectivity index (χ2n) is 5.24. The number of hydrogen-bond donors (Lipinski definition) is 1. The summed E-state index contributed by atoms with van der Waals surface area (Å²) >= 11 is 0. The number of ether oxygens (including phenoxy) is 1. The molecule has 0 spiro atoms. The van der Waals surface area contributed by atoms with Crippen molar-refractivity contribution in [1.82, 2.24) is 5.32 Å². The number of hydrogen-bond acceptors (Lipinski definition) is 2. The zero-order valence-electron chi connectivity index (χ0n) is 11.5. The molecule has 1 N–H and O–H groups in total. The molecule has 0 saturated heterocycles. The first-order valence-corrected chi connectivity index (χ1v) is 6.98. The molecule has 0 bridgehead atoms. The van der Waals surface area contributed by atoms with E-state index in [4.69, 9.17) is 4.74 Å². The molecular formula is C15H20F3NO. The Hall–Kier alpha value is -1.23. The van der Waals surface area contributed by atoms with Crippen molar-refractivity contribution in [2.45, 2.75) is 37.9 Å². The maximum Gasteiger partial charge on any atom is 0.419 e. The molecular weight excluding hydrogens is 267 g/mol. The summed E-state index contributed by atoms with van der Waals surface area (Å²) < 4.78 is 44.0. The lowest BCUT2D eigenvalue weighted by Gasteiger charge is -2.24. The van der Waals surface area contributed by atoms with Crippen LogP contribution in [0.15, 0.2) is 24.3 Å². The Bertz CT molecular complexity index is 427. The molecule has 2 rings (SSSR count). The second-order valence-corrected chi connectivity index (χ2v) is 5.24. The number of nitrogens with one attached hydrogen (secondary N) is 1. The van der Waals surface area contributed by atoms with Gasteiger partial charge < -0.3 is 10.1 Å². The molecule has 0 aromatic heterocycles. The van der Waals surface area contributed by atoms with Crippen molar-refractivity contribution in [1.29, 1.82) is 0 Å². The van der Waals surface area contributed by atoms with E-state index in [0.29, 0.717) is 5.92 Å². The summed E-state index contributed by atoms with van der Waals surface area (Å²) in [6.45, 7) is 0.272. The Kier molecular flexibility index (Phi) is 4.91. The first kappa shape index (κ1) is 15.2. The quantitative estimate of drug-likeness (QED) is 0.888. The Morgan fingerprint density at radius 2 is 1.90 bits per heavy atom. The van der Waals surface area contributed by atoms with Crippen LogP contribution in [-0.2, 0) is 6.18 Å². The van der Waals surface area contributed by atoms with E-state index in [1.54, 1.807) is 6.07 Å². The van der Waals surface area contributed by atoms with Gasteiger partial charge in [0.2, 0.25) is 0 Å². The van der Waals surface area contributed by atoms with Gasteiger partial charge in [0.25, 0.3) is 0 Å². The standard InChI is InChI=1S/C15H20F3NO/c1-19-13(11-6-2-3-7-11)10-20-14-9-5-4-8-12(14)15(16,17)18/h4-5,8-9,11,13,19H,2-3,6-7,10H2,1H3. The van der Waals surface area contributed by atoms with Crippen LogP contribution in [0, 0.1) is 5.92 Å². The van der Waals surface area contributed by atoms with E-state index < -0.39 is 11.7 Å². The van der Waals surface area contributed by atoms with E-state index in [1.165, 1.54) is 25.0 Å². The maximum absolute atomic E-state index is 12.9. The average Bonchev–Trinajstić information content (AvgIpc) is 2.93. The molecule has 2 nitrogen and oxygen atoms in total. The molecule has 0 radical (unpaired) electrons. The summed E-state index contributed by atoms with van der Waals surface area (Å²) in [6.07, 6.45) is 0.259. The third kappa shape index (κ3) is 3.66. The van der Waals surface area contributed by atoms with Crippen LogP contribution in [-0.4, -0.2) is 19.7 Å². The van der Waals surface area contributed by atoms with Crippen LogP contribution >= 0.6 is 0 Å². The van der Waals surface area contributed by atoms with Crippen LogP contribution in [0.2, 0.25) is 0 Å². The van der Waals surface area contributed by atoms with Crippen LogP contribution in [0.4, 0.5) is 13.2 Å². The molecule has 0 amide bonds. The van der Waals surface area contributed by atoms with Gasteiger partial charge in [0.1, 0.15) is 12.4 Å². The van der Waals surface area contributed by atoms with Gasteiger partial charge >= 0.3 is 6.18 Å². The number of rotatable bonds is 5. The van der Waals surface area contributed by atoms with Gasteiger partial charge in [0, 0.05) is 6.04 Å². The Morgan fingerprint density at radius 3 is 2.50 bits per heavy atom. The van der Waals surface area contributed by atoms with E-state index in [2.05, 4.69) is 5.32 Å². The summed E-state index contributed by atoms with van der Waals surface area (Å²) in [4.78, 5) is 0. The number of para-hydroxylation sites is 1. The predicted octanol–water partition coefficient (Wildman–Crippen LogP) is 3.86. The predicted molar refractivity (Wildman–Crippen MR) is 71.7 cm³/mol. The van der Waals surface area contributed by atoms with Gasteiger partial charge in [-0.15, -0.1) is 0 Å². The van der Waals surface area contributed by atoms with Crippen molar-refractivity contribution in [2.24, 2.45) is 5.92 Å². The minimum atomic E-state index is -4.38. The SMILES string of the molecule is CNC(COc1ccccc1C(F)(F)F)C1CCCC1. The Morgan fingerprint density at radius 1 is 1.25 bits per heavy atom. The molecule has 1 aliphatic carbocycles. The maximum atomic E-state index is 12.9. The van der Waals surface area contributed by atoms with Gasteiger partial charge in [-0.1, -0.05) is 25.0 Å². The molecule has 0 heterocycles. The fraction of sp³-hybridized carbons (Fsp3) is 0.600. The molecule has 1 aromatic carbocycles. The van der Waals surface area contributed by atoms with Crippen molar-refractivity contribution in [3.63, 3.8) is 0 Å². The van der Waals surface area contributed by atoms with Crippen molar-refractivity contribution in [3.05, 3.63) is 29.8 Å². The monoisotopic (exact) mass is 287 g/mol. The molecule has 0 aliphatic heterocycles. The van der Waals surface area contributed by atoms with Crippen LogP contribution in [0.5, 0.6) is 5.75 Å². The third-order valence-corrected chi connectivity index (χ3v) is 3.95. The van der Waals surface area contributed by atoms with E-state index in [1.807, 2.05) is 7.05 Å². The van der Waals surface area contributed by atoms with Crippen molar-refractivity contribution in [3.8, 4) is 5.75 Å². The molecule has 1 unspecified atom stereocenters. The zero-order chi connectivity index (χ0) is 14.6. The summed E-state index contributed by atoms with van der Waals surface area (Å²) in [5.74, 6) is 0.413. The summed E-state index contributed by atoms with van der Waals surface area (Å²) in [6, 6.07) is 5.49. The molecule has 20 heavy (non-hydrogen) atoms. The van der Waals surface area contributed by atoms with Gasteiger partial charge in [-0.25, -0.2) is 0 Å². The summed E-state index contributed by atoms with van der Waals surface area (Å²) in [5, 5.41) is 3.17. The fourth-order valence-corrected chi connectivity index (χ4v) is 2.82. The normalized spacial score (nSPS) is 18.2. The minimum Gasteiger partial charge on any atom is -0.491 e. The smallest absolute Gasteiger partial charge is 0.419 e.